The Hall–Kier alpha value is -4.99. The Balaban J connectivity index is 1.50. The number of carbonyl (C=O) groups is 2. The van der Waals surface area contributed by atoms with Gasteiger partial charge in [-0.05, 0) is 72.4 Å². The van der Waals surface area contributed by atoms with Crippen molar-refractivity contribution in [2.75, 3.05) is 0 Å². The third-order valence-electron chi connectivity index (χ3n) is 7.98. The molecule has 2 aromatic carbocycles. The van der Waals surface area contributed by atoms with E-state index < -0.39 is 29.0 Å². The summed E-state index contributed by atoms with van der Waals surface area (Å²) in [6.45, 7) is 5.87. The molecule has 2 amide bonds. The van der Waals surface area contributed by atoms with Crippen LogP contribution in [0.3, 0.4) is 0 Å². The summed E-state index contributed by atoms with van der Waals surface area (Å²) in [4.78, 5) is 36.2. The van der Waals surface area contributed by atoms with Gasteiger partial charge in [-0.3, -0.25) is 14.6 Å². The molecule has 1 aliphatic heterocycles. The van der Waals surface area contributed by atoms with Gasteiger partial charge in [0.05, 0.1) is 28.1 Å². The third kappa shape index (κ3) is 5.21. The third-order valence-corrected chi connectivity index (χ3v) is 7.98. The molecule has 0 saturated carbocycles. The van der Waals surface area contributed by atoms with Crippen molar-refractivity contribution in [1.82, 2.24) is 19.7 Å². The quantitative estimate of drug-likeness (QED) is 0.232. The maximum absolute atomic E-state index is 13.8. The van der Waals surface area contributed by atoms with Crippen molar-refractivity contribution >= 4 is 17.5 Å². The average molecular weight is 598 g/mol. The van der Waals surface area contributed by atoms with Crippen LogP contribution in [-0.2, 0) is 24.8 Å². The van der Waals surface area contributed by atoms with Crippen LogP contribution in [0.1, 0.15) is 69.7 Å². The predicted octanol–water partition coefficient (Wildman–Crippen LogP) is 5.90. The second-order valence-electron chi connectivity index (χ2n) is 11.9. The molecule has 10 heteroatoms. The Labute approximate surface area is 252 Å². The number of hydrogen-bond acceptors (Lipinski definition) is 4. The van der Waals surface area contributed by atoms with Crippen molar-refractivity contribution in [2.24, 2.45) is 11.7 Å². The second-order valence-corrected chi connectivity index (χ2v) is 11.9. The topological polar surface area (TPSA) is 102 Å². The lowest BCUT2D eigenvalue weighted by Crippen LogP contribution is -2.39. The van der Waals surface area contributed by atoms with Crippen LogP contribution in [0.4, 0.5) is 13.2 Å². The summed E-state index contributed by atoms with van der Waals surface area (Å²) in [5, 5.41) is 3.07. The number of amides is 2. The van der Waals surface area contributed by atoms with Gasteiger partial charge in [-0.25, -0.2) is 18.2 Å². The first-order valence-corrected chi connectivity index (χ1v) is 14.3. The van der Waals surface area contributed by atoms with Gasteiger partial charge in [-0.15, -0.1) is 0 Å². The van der Waals surface area contributed by atoms with Crippen LogP contribution in [0.5, 0.6) is 0 Å². The van der Waals surface area contributed by atoms with E-state index in [1.807, 2.05) is 25.2 Å². The number of fused-ring (bicyclic) bond motifs is 2. The minimum absolute atomic E-state index is 0.133. The fourth-order valence-corrected chi connectivity index (χ4v) is 6.03. The van der Waals surface area contributed by atoms with Gasteiger partial charge in [0, 0.05) is 36.5 Å². The van der Waals surface area contributed by atoms with Gasteiger partial charge < -0.3 is 15.5 Å². The summed E-state index contributed by atoms with van der Waals surface area (Å²) in [5.74, 6) is -3.16. The van der Waals surface area contributed by atoms with E-state index in [0.29, 0.717) is 53.0 Å². The maximum atomic E-state index is 13.8. The fourth-order valence-electron chi connectivity index (χ4n) is 6.03. The molecule has 0 bridgehead atoms. The Morgan fingerprint density at radius 2 is 1.73 bits per heavy atom. The number of nitrogens with zero attached hydrogens (tertiary/aromatic N) is 3. The lowest BCUT2D eigenvalue weighted by molar-refractivity contribution is 0.0935. The van der Waals surface area contributed by atoms with E-state index in [1.54, 1.807) is 36.7 Å². The minimum Gasteiger partial charge on any atom is -0.366 e. The number of aromatic nitrogens is 3. The van der Waals surface area contributed by atoms with Gasteiger partial charge in [0.15, 0.2) is 11.6 Å². The molecule has 4 heterocycles. The summed E-state index contributed by atoms with van der Waals surface area (Å²) in [6, 6.07) is 13.4. The highest BCUT2D eigenvalue weighted by Gasteiger charge is 2.44. The van der Waals surface area contributed by atoms with Crippen molar-refractivity contribution in [3.8, 4) is 11.1 Å². The van der Waals surface area contributed by atoms with Crippen LogP contribution in [0.15, 0.2) is 67.0 Å². The molecular formula is C34H30F3N5O2. The monoisotopic (exact) mass is 597 g/mol. The van der Waals surface area contributed by atoms with E-state index in [-0.39, 0.29) is 22.9 Å². The van der Waals surface area contributed by atoms with Gasteiger partial charge in [-0.2, -0.15) is 0 Å². The van der Waals surface area contributed by atoms with Gasteiger partial charge >= 0.3 is 0 Å². The Morgan fingerprint density at radius 1 is 1.00 bits per heavy atom. The second kappa shape index (κ2) is 10.9. The number of nitrogens with two attached hydrogens (primary N) is 1. The molecule has 0 fully saturated rings. The molecule has 0 aliphatic carbocycles. The van der Waals surface area contributed by atoms with E-state index in [0.717, 1.165) is 23.4 Å². The lowest BCUT2D eigenvalue weighted by atomic mass is 9.85. The molecule has 5 aromatic rings. The zero-order valence-electron chi connectivity index (χ0n) is 24.4. The molecule has 7 nitrogen and oxygen atoms in total. The number of imidazole rings is 1. The van der Waals surface area contributed by atoms with Gasteiger partial charge in [0.1, 0.15) is 11.5 Å². The number of halogens is 3. The van der Waals surface area contributed by atoms with Gasteiger partial charge in [-0.1, -0.05) is 32.0 Å². The first-order valence-electron chi connectivity index (χ1n) is 14.3. The number of carbonyl (C=O) groups excluding carboxylic acids is 2. The van der Waals surface area contributed by atoms with Gasteiger partial charge in [0.2, 0.25) is 0 Å². The SMILES string of the molecule is CC(C)Cc1nc2c(c(-c3ccn4c(Cc5ccc(F)c(F)c5)cnc4c3)c1C(N)=O)C(=O)NC2(C)Cc1ccc(F)cc1. The molecule has 0 spiro atoms. The van der Waals surface area contributed by atoms with Crippen molar-refractivity contribution in [3.63, 3.8) is 0 Å². The molecule has 6 rings (SSSR count). The molecule has 3 aromatic heterocycles. The molecule has 1 unspecified atom stereocenters. The smallest absolute Gasteiger partial charge is 0.254 e. The standard InChI is InChI=1S/C34H30F3N5O2/c1-18(2)12-26-29(32(38)43)28(30-31(40-26)34(3,41-33(30)44)16-19-4-7-22(35)8-5-19)21-10-11-42-23(17-39-27(42)15-21)13-20-6-9-24(36)25(37)14-20/h4-11,14-15,17-18H,12-13,16H2,1-3H3,(H2,38,43)(H,41,44). The summed E-state index contributed by atoms with van der Waals surface area (Å²) < 4.78 is 42.7. The molecule has 1 aliphatic rings. The van der Waals surface area contributed by atoms with Crippen LogP contribution in [-0.4, -0.2) is 26.2 Å². The summed E-state index contributed by atoms with van der Waals surface area (Å²) >= 11 is 0. The Morgan fingerprint density at radius 3 is 2.41 bits per heavy atom. The zero-order valence-corrected chi connectivity index (χ0v) is 24.4. The van der Waals surface area contributed by atoms with Crippen molar-refractivity contribution in [2.45, 2.75) is 45.6 Å². The van der Waals surface area contributed by atoms with E-state index >= 15 is 0 Å². The van der Waals surface area contributed by atoms with Crippen LogP contribution in [0.2, 0.25) is 0 Å². The number of nitrogens with one attached hydrogen (secondary N) is 1. The highest BCUT2D eigenvalue weighted by Crippen LogP contribution is 2.41. The predicted molar refractivity (Wildman–Crippen MR) is 160 cm³/mol. The Kier molecular flexibility index (Phi) is 7.23. The molecule has 0 saturated heterocycles. The molecule has 44 heavy (non-hydrogen) atoms. The van der Waals surface area contributed by atoms with E-state index in [9.17, 15) is 22.8 Å². The number of hydrogen-bond donors (Lipinski definition) is 2. The van der Waals surface area contributed by atoms with E-state index in [4.69, 9.17) is 10.7 Å². The lowest BCUT2D eigenvalue weighted by Gasteiger charge is -2.26. The first-order chi connectivity index (χ1) is 20.9. The van der Waals surface area contributed by atoms with Crippen molar-refractivity contribution < 1.29 is 22.8 Å². The zero-order chi connectivity index (χ0) is 31.3. The minimum atomic E-state index is -0.935. The van der Waals surface area contributed by atoms with Crippen molar-refractivity contribution in [3.05, 3.63) is 124 Å². The molecule has 1 atom stereocenters. The van der Waals surface area contributed by atoms with Crippen LogP contribution in [0.25, 0.3) is 16.8 Å². The number of benzene rings is 2. The molecule has 224 valence electrons. The van der Waals surface area contributed by atoms with Crippen LogP contribution < -0.4 is 11.1 Å². The highest BCUT2D eigenvalue weighted by molar-refractivity contribution is 6.12. The Bertz CT molecular complexity index is 1950. The van der Waals surface area contributed by atoms with Gasteiger partial charge in [0.25, 0.3) is 11.8 Å². The average Bonchev–Trinajstić information content (AvgIpc) is 3.47. The fraction of sp³-hybridized carbons (Fsp3) is 0.235. The number of primary amides is 1. The largest absolute Gasteiger partial charge is 0.366 e. The molecule has 0 radical (unpaired) electrons. The highest BCUT2D eigenvalue weighted by atomic mass is 19.2. The summed E-state index contributed by atoms with van der Waals surface area (Å²) in [5.41, 5.74) is 10.0. The normalized spacial score (nSPS) is 16.0. The van der Waals surface area contributed by atoms with Crippen molar-refractivity contribution in [1.29, 1.82) is 0 Å². The van der Waals surface area contributed by atoms with E-state index in [2.05, 4.69) is 10.3 Å². The first kappa shape index (κ1) is 29.1. The maximum Gasteiger partial charge on any atom is 0.254 e. The number of pyridine rings is 2. The van der Waals surface area contributed by atoms with Crippen LogP contribution >= 0.6 is 0 Å². The van der Waals surface area contributed by atoms with Crippen LogP contribution in [0, 0.1) is 23.4 Å². The molecule has 3 N–H and O–H groups in total. The van der Waals surface area contributed by atoms with E-state index in [1.165, 1.54) is 18.2 Å². The summed E-state index contributed by atoms with van der Waals surface area (Å²) in [7, 11) is 0. The number of rotatable bonds is 8. The summed E-state index contributed by atoms with van der Waals surface area (Å²) in [6.07, 6.45) is 4.50. The molecular weight excluding hydrogens is 567 g/mol.